The van der Waals surface area contributed by atoms with Gasteiger partial charge in [0.1, 0.15) is 11.1 Å². The molecule has 68 valence electrons. The molecule has 0 amide bonds. The number of hydrogen-bond donors (Lipinski definition) is 2. The second-order valence-electron chi connectivity index (χ2n) is 2.28. The standard InChI is InChI=1S/C7H5NO5/c9-6(10)4-1-5(7(11)12)3-8(13)2-4/h1-3H,(H,9,10)(H,11,12). The van der Waals surface area contributed by atoms with Gasteiger partial charge in [-0.1, -0.05) is 0 Å². The van der Waals surface area contributed by atoms with E-state index in [0.717, 1.165) is 18.5 Å². The molecule has 0 radical (unpaired) electrons. The minimum atomic E-state index is -1.34. The molecule has 0 aliphatic rings. The monoisotopic (exact) mass is 183 g/mol. The number of aromatic carboxylic acids is 2. The summed E-state index contributed by atoms with van der Waals surface area (Å²) in [6.07, 6.45) is 1.57. The van der Waals surface area contributed by atoms with Crippen molar-refractivity contribution in [1.82, 2.24) is 0 Å². The van der Waals surface area contributed by atoms with Crippen LogP contribution in [-0.2, 0) is 0 Å². The van der Waals surface area contributed by atoms with Crippen LogP contribution in [0.25, 0.3) is 0 Å². The summed E-state index contributed by atoms with van der Waals surface area (Å²) in [4.78, 5) is 20.8. The molecular weight excluding hydrogens is 178 g/mol. The van der Waals surface area contributed by atoms with Crippen LogP contribution >= 0.6 is 0 Å². The molecule has 0 aliphatic heterocycles. The normalized spacial score (nSPS) is 9.54. The Balaban J connectivity index is 3.26. The van der Waals surface area contributed by atoms with E-state index >= 15 is 0 Å². The summed E-state index contributed by atoms with van der Waals surface area (Å²) in [5.74, 6) is -2.68. The first-order chi connectivity index (χ1) is 6.00. The maximum Gasteiger partial charge on any atom is 0.341 e. The molecule has 2 N–H and O–H groups in total. The van der Waals surface area contributed by atoms with Crippen LogP contribution < -0.4 is 4.73 Å². The van der Waals surface area contributed by atoms with Crippen molar-refractivity contribution in [2.75, 3.05) is 0 Å². The zero-order valence-corrected chi connectivity index (χ0v) is 6.30. The van der Waals surface area contributed by atoms with Gasteiger partial charge in [-0.05, 0) is 6.07 Å². The Labute approximate surface area is 72.3 Å². The van der Waals surface area contributed by atoms with E-state index in [1.165, 1.54) is 0 Å². The average molecular weight is 183 g/mol. The molecule has 0 atom stereocenters. The zero-order chi connectivity index (χ0) is 10.0. The molecule has 0 bridgehead atoms. The lowest BCUT2D eigenvalue weighted by Crippen LogP contribution is -2.28. The topological polar surface area (TPSA) is 102 Å². The van der Waals surface area contributed by atoms with Crippen molar-refractivity contribution < 1.29 is 24.5 Å². The highest BCUT2D eigenvalue weighted by Crippen LogP contribution is 2.00. The van der Waals surface area contributed by atoms with Gasteiger partial charge in [0.15, 0.2) is 12.4 Å². The maximum absolute atomic E-state index is 10.7. The predicted molar refractivity (Wildman–Crippen MR) is 39.3 cm³/mol. The summed E-state index contributed by atoms with van der Waals surface area (Å²) in [5.41, 5.74) is -0.704. The van der Waals surface area contributed by atoms with Gasteiger partial charge in [0.25, 0.3) is 0 Å². The van der Waals surface area contributed by atoms with Crippen LogP contribution in [0.3, 0.4) is 0 Å². The molecule has 1 aromatic rings. The largest absolute Gasteiger partial charge is 0.619 e. The summed E-state index contributed by atoms with van der Waals surface area (Å²) in [6.45, 7) is 0. The average Bonchev–Trinajstić information content (AvgIpc) is 2.03. The Morgan fingerprint density at radius 3 is 1.85 bits per heavy atom. The predicted octanol–water partition coefficient (Wildman–Crippen LogP) is -0.284. The van der Waals surface area contributed by atoms with Crippen LogP contribution in [0.2, 0.25) is 0 Å². The lowest BCUT2D eigenvalue weighted by Gasteiger charge is -1.98. The van der Waals surface area contributed by atoms with Gasteiger partial charge in [-0.2, -0.15) is 4.73 Å². The van der Waals surface area contributed by atoms with Gasteiger partial charge in [0.05, 0.1) is 0 Å². The van der Waals surface area contributed by atoms with Crippen molar-refractivity contribution >= 4 is 11.9 Å². The Morgan fingerprint density at radius 1 is 1.15 bits per heavy atom. The number of carboxylic acids is 2. The van der Waals surface area contributed by atoms with Crippen molar-refractivity contribution in [2.24, 2.45) is 0 Å². The fourth-order valence-corrected chi connectivity index (χ4v) is 0.787. The number of aromatic nitrogens is 1. The van der Waals surface area contributed by atoms with Crippen LogP contribution in [0.1, 0.15) is 20.7 Å². The van der Waals surface area contributed by atoms with E-state index in [1.807, 2.05) is 0 Å². The number of carboxylic acid groups (broad SMARTS) is 2. The molecule has 1 aromatic heterocycles. The summed E-state index contributed by atoms with van der Waals surface area (Å²) < 4.78 is 0.146. The third-order valence-electron chi connectivity index (χ3n) is 1.34. The molecule has 13 heavy (non-hydrogen) atoms. The number of carbonyl (C=O) groups is 2. The second kappa shape index (κ2) is 3.10. The van der Waals surface area contributed by atoms with Gasteiger partial charge >= 0.3 is 11.9 Å². The molecule has 1 heterocycles. The molecule has 0 aliphatic carbocycles. The molecule has 0 saturated heterocycles. The Kier molecular flexibility index (Phi) is 2.14. The summed E-state index contributed by atoms with van der Waals surface area (Å²) in [6, 6.07) is 0.916. The van der Waals surface area contributed by atoms with E-state index in [4.69, 9.17) is 10.2 Å². The van der Waals surface area contributed by atoms with Crippen LogP contribution in [0.15, 0.2) is 18.5 Å². The highest BCUT2D eigenvalue weighted by Gasteiger charge is 2.13. The summed E-state index contributed by atoms with van der Waals surface area (Å²) in [5, 5.41) is 27.7. The number of nitrogens with zero attached hydrogens (tertiary/aromatic N) is 1. The Morgan fingerprint density at radius 2 is 1.54 bits per heavy atom. The minimum absolute atomic E-state index is 0.146. The molecule has 0 unspecified atom stereocenters. The minimum Gasteiger partial charge on any atom is -0.619 e. The number of hydrogen-bond acceptors (Lipinski definition) is 3. The Bertz CT molecular complexity index is 341. The molecule has 0 aromatic carbocycles. The van der Waals surface area contributed by atoms with Crippen molar-refractivity contribution in [3.8, 4) is 0 Å². The quantitative estimate of drug-likeness (QED) is 0.484. The van der Waals surface area contributed by atoms with Gasteiger partial charge in [-0.15, -0.1) is 0 Å². The highest BCUT2D eigenvalue weighted by molar-refractivity contribution is 5.92. The van der Waals surface area contributed by atoms with Gasteiger partial charge in [-0.25, -0.2) is 9.59 Å². The van der Waals surface area contributed by atoms with Crippen molar-refractivity contribution in [3.05, 3.63) is 34.8 Å². The summed E-state index contributed by atoms with van der Waals surface area (Å²) in [7, 11) is 0. The van der Waals surface area contributed by atoms with Crippen LogP contribution in [-0.4, -0.2) is 22.2 Å². The van der Waals surface area contributed by atoms with E-state index < -0.39 is 11.9 Å². The lowest BCUT2D eigenvalue weighted by atomic mass is 10.2. The number of pyridine rings is 1. The SMILES string of the molecule is O=C(O)c1cc(C(=O)O)c[n+]([O-])c1. The zero-order valence-electron chi connectivity index (χ0n) is 6.30. The van der Waals surface area contributed by atoms with Crippen LogP contribution in [0.4, 0.5) is 0 Å². The smallest absolute Gasteiger partial charge is 0.341 e. The first kappa shape index (κ1) is 8.98. The summed E-state index contributed by atoms with van der Waals surface area (Å²) >= 11 is 0. The molecule has 0 fully saturated rings. The van der Waals surface area contributed by atoms with Crippen LogP contribution in [0, 0.1) is 5.21 Å². The molecule has 0 saturated carbocycles. The lowest BCUT2D eigenvalue weighted by molar-refractivity contribution is -0.605. The van der Waals surface area contributed by atoms with E-state index in [2.05, 4.69) is 0 Å². The van der Waals surface area contributed by atoms with E-state index in [-0.39, 0.29) is 15.9 Å². The fourth-order valence-electron chi connectivity index (χ4n) is 0.787. The van der Waals surface area contributed by atoms with Gasteiger partial charge in [0, 0.05) is 0 Å². The molecule has 0 spiro atoms. The van der Waals surface area contributed by atoms with E-state index in [9.17, 15) is 14.8 Å². The maximum atomic E-state index is 10.7. The molecule has 1 rings (SSSR count). The molecular formula is C7H5NO5. The first-order valence-corrected chi connectivity index (χ1v) is 3.21. The van der Waals surface area contributed by atoms with Crippen molar-refractivity contribution in [1.29, 1.82) is 0 Å². The van der Waals surface area contributed by atoms with Gasteiger partial charge in [0.2, 0.25) is 0 Å². The van der Waals surface area contributed by atoms with E-state index in [1.54, 1.807) is 0 Å². The van der Waals surface area contributed by atoms with Gasteiger partial charge in [-0.3, -0.25) is 0 Å². The number of rotatable bonds is 2. The molecule has 6 heteroatoms. The van der Waals surface area contributed by atoms with Crippen molar-refractivity contribution in [2.45, 2.75) is 0 Å². The second-order valence-corrected chi connectivity index (χ2v) is 2.28. The third kappa shape index (κ3) is 1.92. The first-order valence-electron chi connectivity index (χ1n) is 3.21. The fraction of sp³-hybridized carbons (Fsp3) is 0. The van der Waals surface area contributed by atoms with E-state index in [0.29, 0.717) is 0 Å². The molecule has 6 nitrogen and oxygen atoms in total. The van der Waals surface area contributed by atoms with Gasteiger partial charge < -0.3 is 15.4 Å². The van der Waals surface area contributed by atoms with Crippen molar-refractivity contribution in [3.63, 3.8) is 0 Å². The Hall–Kier alpha value is -2.11. The third-order valence-corrected chi connectivity index (χ3v) is 1.34. The van der Waals surface area contributed by atoms with Crippen LogP contribution in [0.5, 0.6) is 0 Å². The highest BCUT2D eigenvalue weighted by atomic mass is 16.5.